The first kappa shape index (κ1) is 17.2. The van der Waals surface area contributed by atoms with E-state index in [1.54, 1.807) is 13.3 Å². The van der Waals surface area contributed by atoms with Gasteiger partial charge in [-0.05, 0) is 42.0 Å². The largest absolute Gasteiger partial charge is 0.497 e. The number of pyridine rings is 1. The van der Waals surface area contributed by atoms with Gasteiger partial charge in [-0.1, -0.05) is 42.5 Å². The molecular weight excluding hydrogens is 324 g/mol. The molecule has 0 bridgehead atoms. The van der Waals surface area contributed by atoms with Gasteiger partial charge in [-0.15, -0.1) is 0 Å². The smallest absolute Gasteiger partial charge is 0.199 e. The summed E-state index contributed by atoms with van der Waals surface area (Å²) in [6, 6.07) is 21.2. The normalized spacial score (nSPS) is 11.5. The summed E-state index contributed by atoms with van der Waals surface area (Å²) in [5.41, 5.74) is 8.76. The van der Waals surface area contributed by atoms with Crippen LogP contribution in [0.4, 0.5) is 11.5 Å². The van der Waals surface area contributed by atoms with Gasteiger partial charge in [-0.3, -0.25) is 0 Å². The second-order valence-corrected chi connectivity index (χ2v) is 5.51. The van der Waals surface area contributed by atoms with Gasteiger partial charge in [0.2, 0.25) is 0 Å². The summed E-state index contributed by atoms with van der Waals surface area (Å²) in [6.07, 6.45) is 5.70. The molecule has 2 aromatic carbocycles. The number of nitrogens with two attached hydrogens (primary N) is 1. The molecule has 0 spiro atoms. The van der Waals surface area contributed by atoms with Crippen LogP contribution in [-0.4, -0.2) is 18.1 Å². The average molecular weight is 344 g/mol. The van der Waals surface area contributed by atoms with Crippen LogP contribution in [0, 0.1) is 0 Å². The third kappa shape index (κ3) is 4.70. The third-order valence-electron chi connectivity index (χ3n) is 3.66. The van der Waals surface area contributed by atoms with Crippen molar-refractivity contribution in [3.8, 4) is 5.75 Å². The van der Waals surface area contributed by atoms with E-state index in [1.165, 1.54) is 0 Å². The molecule has 5 nitrogen and oxygen atoms in total. The number of aliphatic imine (C=N–C) groups is 1. The highest BCUT2D eigenvalue weighted by atomic mass is 16.5. The molecule has 0 unspecified atom stereocenters. The lowest BCUT2D eigenvalue weighted by Gasteiger charge is -2.08. The number of aromatic nitrogens is 1. The summed E-state index contributed by atoms with van der Waals surface area (Å²) in [5, 5.41) is 3.06. The van der Waals surface area contributed by atoms with Gasteiger partial charge < -0.3 is 15.8 Å². The first-order valence-electron chi connectivity index (χ1n) is 8.18. The lowest BCUT2D eigenvalue weighted by molar-refractivity contribution is 0.415. The van der Waals surface area contributed by atoms with Crippen LogP contribution in [0.1, 0.15) is 11.1 Å². The zero-order chi connectivity index (χ0) is 18.2. The predicted molar refractivity (Wildman–Crippen MR) is 108 cm³/mol. The van der Waals surface area contributed by atoms with Gasteiger partial charge in [0.1, 0.15) is 11.6 Å². The number of hydrogen-bond acceptors (Lipinski definition) is 3. The summed E-state index contributed by atoms with van der Waals surface area (Å²) < 4.78 is 5.17. The van der Waals surface area contributed by atoms with Crippen molar-refractivity contribution in [1.29, 1.82) is 0 Å². The molecule has 130 valence electrons. The van der Waals surface area contributed by atoms with Gasteiger partial charge in [0, 0.05) is 11.8 Å². The second-order valence-electron chi connectivity index (χ2n) is 5.51. The monoisotopic (exact) mass is 344 g/mol. The lowest BCUT2D eigenvalue weighted by atomic mass is 10.1. The molecule has 0 amide bonds. The standard InChI is InChI=1S/C21H20N4O/c1-26-19-13-10-16(11-14-19)9-12-17-6-5-15-23-20(17)25-21(22)24-18-7-3-2-4-8-18/h2-15H,1H3,(H3,22,23,24,25). The van der Waals surface area contributed by atoms with E-state index < -0.39 is 0 Å². The van der Waals surface area contributed by atoms with Crippen LogP contribution in [0.25, 0.3) is 12.2 Å². The summed E-state index contributed by atoms with van der Waals surface area (Å²) >= 11 is 0. The first-order valence-corrected chi connectivity index (χ1v) is 8.18. The van der Waals surface area contributed by atoms with Crippen molar-refractivity contribution in [3.63, 3.8) is 0 Å². The van der Waals surface area contributed by atoms with E-state index in [-0.39, 0.29) is 5.96 Å². The highest BCUT2D eigenvalue weighted by Gasteiger charge is 2.02. The minimum atomic E-state index is 0.286. The number of methoxy groups -OCH3 is 1. The number of benzene rings is 2. The number of nitrogens with one attached hydrogen (secondary N) is 1. The molecule has 0 saturated carbocycles. The maximum atomic E-state index is 6.01. The fourth-order valence-corrected chi connectivity index (χ4v) is 2.35. The minimum absolute atomic E-state index is 0.286. The Kier molecular flexibility index (Phi) is 5.62. The van der Waals surface area contributed by atoms with Crippen molar-refractivity contribution in [1.82, 2.24) is 4.98 Å². The molecule has 0 saturated heterocycles. The first-order chi connectivity index (χ1) is 12.7. The molecule has 0 aliphatic rings. The molecule has 3 N–H and O–H groups in total. The molecular formula is C21H20N4O. The Labute approximate surface area is 152 Å². The van der Waals surface area contributed by atoms with Crippen LogP contribution in [0.15, 0.2) is 77.9 Å². The van der Waals surface area contributed by atoms with Crippen LogP contribution in [-0.2, 0) is 0 Å². The fraction of sp³-hybridized carbons (Fsp3) is 0.0476. The van der Waals surface area contributed by atoms with E-state index >= 15 is 0 Å². The van der Waals surface area contributed by atoms with Crippen molar-refractivity contribution in [3.05, 3.63) is 84.1 Å². The number of para-hydroxylation sites is 1. The quantitative estimate of drug-likeness (QED) is 0.534. The van der Waals surface area contributed by atoms with E-state index in [0.717, 1.165) is 22.6 Å². The van der Waals surface area contributed by atoms with E-state index in [0.29, 0.717) is 5.82 Å². The van der Waals surface area contributed by atoms with Crippen molar-refractivity contribution < 1.29 is 4.74 Å². The molecule has 26 heavy (non-hydrogen) atoms. The van der Waals surface area contributed by atoms with Crippen molar-refractivity contribution >= 4 is 29.6 Å². The maximum Gasteiger partial charge on any atom is 0.199 e. The van der Waals surface area contributed by atoms with E-state index in [4.69, 9.17) is 10.5 Å². The lowest BCUT2D eigenvalue weighted by Crippen LogP contribution is -2.23. The Bertz CT molecular complexity index is 903. The van der Waals surface area contributed by atoms with Gasteiger partial charge in [-0.25, -0.2) is 9.98 Å². The van der Waals surface area contributed by atoms with Crippen LogP contribution >= 0.6 is 0 Å². The number of ether oxygens (including phenoxy) is 1. The maximum absolute atomic E-state index is 6.01. The highest BCUT2D eigenvalue weighted by molar-refractivity contribution is 5.95. The second kappa shape index (κ2) is 8.48. The number of guanidine groups is 1. The van der Waals surface area contributed by atoms with Crippen molar-refractivity contribution in [2.75, 3.05) is 12.4 Å². The van der Waals surface area contributed by atoms with Gasteiger partial charge in [0.05, 0.1) is 12.8 Å². The molecule has 0 atom stereocenters. The summed E-state index contributed by atoms with van der Waals surface area (Å²) in [5.74, 6) is 1.76. The Morgan fingerprint density at radius 3 is 2.50 bits per heavy atom. The summed E-state index contributed by atoms with van der Waals surface area (Å²) in [4.78, 5) is 8.69. The molecule has 1 aromatic heterocycles. The van der Waals surface area contributed by atoms with Gasteiger partial charge in [-0.2, -0.15) is 0 Å². The molecule has 0 aliphatic carbocycles. The predicted octanol–water partition coefficient (Wildman–Crippen LogP) is 4.32. The third-order valence-corrected chi connectivity index (χ3v) is 3.66. The number of anilines is 1. The topological polar surface area (TPSA) is 72.5 Å². The van der Waals surface area contributed by atoms with E-state index in [9.17, 15) is 0 Å². The van der Waals surface area contributed by atoms with Crippen LogP contribution in [0.3, 0.4) is 0 Å². The van der Waals surface area contributed by atoms with Crippen LogP contribution < -0.4 is 15.8 Å². The zero-order valence-electron chi connectivity index (χ0n) is 14.5. The highest BCUT2D eigenvalue weighted by Crippen LogP contribution is 2.18. The minimum Gasteiger partial charge on any atom is -0.497 e. The Balaban J connectivity index is 1.77. The van der Waals surface area contributed by atoms with Gasteiger partial charge in [0.25, 0.3) is 0 Å². The molecule has 0 aliphatic heterocycles. The molecule has 0 fully saturated rings. The van der Waals surface area contributed by atoms with Crippen LogP contribution in [0.2, 0.25) is 0 Å². The molecule has 3 rings (SSSR count). The van der Waals surface area contributed by atoms with Crippen LogP contribution in [0.5, 0.6) is 5.75 Å². The Morgan fingerprint density at radius 2 is 1.77 bits per heavy atom. The molecule has 5 heteroatoms. The molecule has 3 aromatic rings. The van der Waals surface area contributed by atoms with E-state index in [1.807, 2.05) is 78.9 Å². The number of hydrogen-bond donors (Lipinski definition) is 2. The zero-order valence-corrected chi connectivity index (χ0v) is 14.5. The number of nitrogens with zero attached hydrogens (tertiary/aromatic N) is 2. The van der Waals surface area contributed by atoms with Gasteiger partial charge in [0.15, 0.2) is 5.96 Å². The average Bonchev–Trinajstić information content (AvgIpc) is 2.68. The molecule has 0 radical (unpaired) electrons. The summed E-state index contributed by atoms with van der Waals surface area (Å²) in [7, 11) is 1.65. The SMILES string of the molecule is COc1ccc(C=Cc2cccnc2NC(N)=Nc2ccccc2)cc1. The van der Waals surface area contributed by atoms with E-state index in [2.05, 4.69) is 15.3 Å². The van der Waals surface area contributed by atoms with Crippen molar-refractivity contribution in [2.24, 2.45) is 10.7 Å². The van der Waals surface area contributed by atoms with Gasteiger partial charge >= 0.3 is 0 Å². The molecule has 1 heterocycles. The van der Waals surface area contributed by atoms with Crippen molar-refractivity contribution in [2.45, 2.75) is 0 Å². The Morgan fingerprint density at radius 1 is 1.00 bits per heavy atom. The fourth-order valence-electron chi connectivity index (χ4n) is 2.35. The summed E-state index contributed by atoms with van der Waals surface area (Å²) in [6.45, 7) is 0. The number of rotatable bonds is 5. The Hall–Kier alpha value is -3.60.